The Morgan fingerprint density at radius 1 is 1.40 bits per heavy atom. The van der Waals surface area contributed by atoms with Gasteiger partial charge in [-0.25, -0.2) is 4.98 Å². The molecule has 2 unspecified atom stereocenters. The Balaban J connectivity index is 2.24. The van der Waals surface area contributed by atoms with Gasteiger partial charge in [-0.2, -0.15) is 0 Å². The molecule has 0 radical (unpaired) electrons. The fraction of sp³-hybridized carbons (Fsp3) is 0.545. The lowest BCUT2D eigenvalue weighted by Crippen LogP contribution is -2.22. The molecule has 1 saturated heterocycles. The Morgan fingerprint density at radius 3 is 2.53 bits per heavy atom. The molecule has 1 aliphatic heterocycles. The number of nitrogen functional groups attached to an aromatic ring is 1. The molecule has 0 aliphatic carbocycles. The van der Waals surface area contributed by atoms with Crippen LogP contribution in [0.3, 0.4) is 0 Å². The van der Waals surface area contributed by atoms with Crippen molar-refractivity contribution in [2.45, 2.75) is 13.8 Å². The van der Waals surface area contributed by atoms with Crippen LogP contribution in [0.4, 0.5) is 11.5 Å². The average Bonchev–Trinajstić information content (AvgIpc) is 2.46. The Morgan fingerprint density at radius 2 is 2.00 bits per heavy atom. The first kappa shape index (κ1) is 10.6. The largest absolute Gasteiger partial charge is 0.396 e. The van der Waals surface area contributed by atoms with Crippen LogP contribution in [0, 0.1) is 11.8 Å². The van der Waals surface area contributed by atoms with Gasteiger partial charge >= 0.3 is 0 Å². The van der Waals surface area contributed by atoms with Gasteiger partial charge in [-0.3, -0.25) is 0 Å². The van der Waals surface area contributed by atoms with E-state index in [4.69, 9.17) is 17.3 Å². The van der Waals surface area contributed by atoms with Crippen LogP contribution in [-0.4, -0.2) is 18.1 Å². The first-order valence-corrected chi connectivity index (χ1v) is 5.61. The Labute approximate surface area is 95.2 Å². The fourth-order valence-corrected chi connectivity index (χ4v) is 2.18. The van der Waals surface area contributed by atoms with Crippen molar-refractivity contribution in [3.05, 3.63) is 17.3 Å². The second-order valence-corrected chi connectivity index (χ2v) is 4.86. The molecule has 1 fully saturated rings. The highest BCUT2D eigenvalue weighted by molar-refractivity contribution is 6.30. The summed E-state index contributed by atoms with van der Waals surface area (Å²) >= 11 is 5.82. The van der Waals surface area contributed by atoms with Gasteiger partial charge in [0.05, 0.1) is 10.7 Å². The van der Waals surface area contributed by atoms with Crippen molar-refractivity contribution >= 4 is 23.1 Å². The monoisotopic (exact) mass is 225 g/mol. The van der Waals surface area contributed by atoms with Crippen LogP contribution >= 0.6 is 11.6 Å². The van der Waals surface area contributed by atoms with Crippen LogP contribution < -0.4 is 10.6 Å². The number of anilines is 2. The maximum absolute atomic E-state index is 5.90. The average molecular weight is 226 g/mol. The first-order valence-electron chi connectivity index (χ1n) is 5.24. The van der Waals surface area contributed by atoms with E-state index >= 15 is 0 Å². The molecule has 3 nitrogen and oxygen atoms in total. The summed E-state index contributed by atoms with van der Waals surface area (Å²) in [6.45, 7) is 6.58. The summed E-state index contributed by atoms with van der Waals surface area (Å²) in [7, 11) is 0. The SMILES string of the molecule is CC1CN(c2ncc(Cl)cc2N)CC1C. The molecule has 2 rings (SSSR count). The number of aromatic nitrogens is 1. The molecule has 0 bridgehead atoms. The van der Waals surface area contributed by atoms with Crippen LogP contribution in [0.5, 0.6) is 0 Å². The maximum atomic E-state index is 5.90. The summed E-state index contributed by atoms with van der Waals surface area (Å²) in [6.07, 6.45) is 1.65. The number of rotatable bonds is 1. The van der Waals surface area contributed by atoms with E-state index in [2.05, 4.69) is 23.7 Å². The predicted octanol–water partition coefficient (Wildman–Crippen LogP) is 2.41. The van der Waals surface area contributed by atoms with Crippen LogP contribution in [-0.2, 0) is 0 Å². The van der Waals surface area contributed by atoms with E-state index in [-0.39, 0.29) is 0 Å². The molecule has 1 aromatic rings. The van der Waals surface area contributed by atoms with Gasteiger partial charge in [0.15, 0.2) is 5.82 Å². The minimum atomic E-state index is 0.594. The van der Waals surface area contributed by atoms with E-state index in [1.807, 2.05) is 0 Å². The number of halogens is 1. The van der Waals surface area contributed by atoms with E-state index in [9.17, 15) is 0 Å². The van der Waals surface area contributed by atoms with E-state index < -0.39 is 0 Å². The van der Waals surface area contributed by atoms with E-state index in [0.29, 0.717) is 22.5 Å². The lowest BCUT2D eigenvalue weighted by atomic mass is 10.0. The molecule has 2 atom stereocenters. The van der Waals surface area contributed by atoms with Gasteiger partial charge in [0.2, 0.25) is 0 Å². The lowest BCUT2D eigenvalue weighted by molar-refractivity contribution is 0.494. The standard InChI is InChI=1S/C11H16ClN3/c1-7-5-15(6-8(7)2)11-10(13)3-9(12)4-14-11/h3-4,7-8H,5-6,13H2,1-2H3. The molecule has 2 heterocycles. The van der Waals surface area contributed by atoms with Gasteiger partial charge in [-0.05, 0) is 17.9 Å². The quantitative estimate of drug-likeness (QED) is 0.798. The van der Waals surface area contributed by atoms with Crippen molar-refractivity contribution in [1.29, 1.82) is 0 Å². The lowest BCUT2D eigenvalue weighted by Gasteiger charge is -2.18. The van der Waals surface area contributed by atoms with Crippen molar-refractivity contribution in [1.82, 2.24) is 4.98 Å². The summed E-state index contributed by atoms with van der Waals surface area (Å²) < 4.78 is 0. The van der Waals surface area contributed by atoms with Crippen molar-refractivity contribution in [3.8, 4) is 0 Å². The Kier molecular flexibility index (Phi) is 2.74. The molecular formula is C11H16ClN3. The molecule has 15 heavy (non-hydrogen) atoms. The molecule has 0 aromatic carbocycles. The highest BCUT2D eigenvalue weighted by Crippen LogP contribution is 2.30. The molecule has 82 valence electrons. The molecule has 2 N–H and O–H groups in total. The van der Waals surface area contributed by atoms with Gasteiger partial charge in [0, 0.05) is 19.3 Å². The zero-order chi connectivity index (χ0) is 11.0. The van der Waals surface area contributed by atoms with Crippen LogP contribution in [0.2, 0.25) is 5.02 Å². The molecule has 4 heteroatoms. The topological polar surface area (TPSA) is 42.2 Å². The maximum Gasteiger partial charge on any atom is 0.151 e. The van der Waals surface area contributed by atoms with Crippen molar-refractivity contribution in [3.63, 3.8) is 0 Å². The summed E-state index contributed by atoms with van der Waals surface area (Å²) in [6, 6.07) is 1.76. The third-order valence-corrected chi connectivity index (χ3v) is 3.36. The third kappa shape index (κ3) is 2.02. The summed E-state index contributed by atoms with van der Waals surface area (Å²) in [5.74, 6) is 2.26. The molecule has 1 aromatic heterocycles. The van der Waals surface area contributed by atoms with Gasteiger partial charge in [0.1, 0.15) is 0 Å². The zero-order valence-corrected chi connectivity index (χ0v) is 9.83. The predicted molar refractivity (Wildman–Crippen MR) is 64.2 cm³/mol. The molecule has 0 saturated carbocycles. The zero-order valence-electron chi connectivity index (χ0n) is 9.07. The van der Waals surface area contributed by atoms with Gasteiger partial charge < -0.3 is 10.6 Å². The first-order chi connectivity index (χ1) is 7.08. The second-order valence-electron chi connectivity index (χ2n) is 4.43. The van der Waals surface area contributed by atoms with Crippen LogP contribution in [0.25, 0.3) is 0 Å². The summed E-state index contributed by atoms with van der Waals surface area (Å²) in [5.41, 5.74) is 6.57. The number of hydrogen-bond donors (Lipinski definition) is 1. The van der Waals surface area contributed by atoms with Crippen molar-refractivity contribution in [2.24, 2.45) is 11.8 Å². The van der Waals surface area contributed by atoms with E-state index in [1.54, 1.807) is 12.3 Å². The molecular weight excluding hydrogens is 210 g/mol. The van der Waals surface area contributed by atoms with Gasteiger partial charge in [-0.1, -0.05) is 25.4 Å². The Hall–Kier alpha value is -0.960. The number of hydrogen-bond acceptors (Lipinski definition) is 3. The molecule has 0 amide bonds. The molecule has 1 aliphatic rings. The third-order valence-electron chi connectivity index (χ3n) is 3.15. The second kappa shape index (κ2) is 3.89. The fourth-order valence-electron chi connectivity index (χ4n) is 2.01. The van der Waals surface area contributed by atoms with Crippen LogP contribution in [0.1, 0.15) is 13.8 Å². The van der Waals surface area contributed by atoms with Crippen molar-refractivity contribution in [2.75, 3.05) is 23.7 Å². The van der Waals surface area contributed by atoms with E-state index in [1.165, 1.54) is 0 Å². The van der Waals surface area contributed by atoms with Gasteiger partial charge in [-0.15, -0.1) is 0 Å². The van der Waals surface area contributed by atoms with E-state index in [0.717, 1.165) is 18.9 Å². The number of pyridine rings is 1. The number of nitrogens with zero attached hydrogens (tertiary/aromatic N) is 2. The summed E-state index contributed by atoms with van der Waals surface area (Å²) in [5, 5.41) is 0.594. The highest BCUT2D eigenvalue weighted by atomic mass is 35.5. The smallest absolute Gasteiger partial charge is 0.151 e. The molecule has 0 spiro atoms. The van der Waals surface area contributed by atoms with Crippen LogP contribution in [0.15, 0.2) is 12.3 Å². The van der Waals surface area contributed by atoms with Crippen molar-refractivity contribution < 1.29 is 0 Å². The Bertz CT molecular complexity index is 357. The minimum absolute atomic E-state index is 0.594. The summed E-state index contributed by atoms with van der Waals surface area (Å²) in [4.78, 5) is 6.53. The normalized spacial score (nSPS) is 25.9. The minimum Gasteiger partial charge on any atom is -0.396 e. The van der Waals surface area contributed by atoms with Gasteiger partial charge in [0.25, 0.3) is 0 Å². The highest BCUT2D eigenvalue weighted by Gasteiger charge is 2.27. The number of nitrogens with two attached hydrogens (primary N) is 1.